The number of nitriles is 1. The van der Waals surface area contributed by atoms with Gasteiger partial charge in [-0.2, -0.15) is 5.26 Å². The van der Waals surface area contributed by atoms with E-state index in [4.69, 9.17) is 4.74 Å². The molecule has 158 valence electrons. The van der Waals surface area contributed by atoms with E-state index < -0.39 is 8.07 Å². The number of fused-ring (bicyclic) bond motifs is 1. The van der Waals surface area contributed by atoms with Crippen LogP contribution in [0.4, 0.5) is 0 Å². The zero-order valence-electron chi connectivity index (χ0n) is 17.9. The van der Waals surface area contributed by atoms with E-state index in [1.807, 2.05) is 35.3 Å². The van der Waals surface area contributed by atoms with E-state index >= 15 is 0 Å². The van der Waals surface area contributed by atoms with Crippen molar-refractivity contribution in [3.05, 3.63) is 37.1 Å². The van der Waals surface area contributed by atoms with Crippen molar-refractivity contribution < 1.29 is 9.84 Å². The lowest BCUT2D eigenvalue weighted by Gasteiger charge is -2.45. The molecule has 1 aliphatic carbocycles. The molecule has 0 radical (unpaired) electrons. The number of hydrogen-bond acceptors (Lipinski definition) is 5. The summed E-state index contributed by atoms with van der Waals surface area (Å²) in [7, 11) is -1.11. The van der Waals surface area contributed by atoms with Gasteiger partial charge in [-0.25, -0.2) is 9.97 Å². The number of rotatable bonds is 8. The van der Waals surface area contributed by atoms with Crippen LogP contribution in [0, 0.1) is 11.3 Å². The van der Waals surface area contributed by atoms with E-state index in [1.165, 1.54) is 0 Å². The number of ether oxygens (including phenoxy) is 1. The summed E-state index contributed by atoms with van der Waals surface area (Å²) in [5.74, 6) is 0. The van der Waals surface area contributed by atoms with Gasteiger partial charge in [-0.1, -0.05) is 19.6 Å². The predicted octanol–water partition coefficient (Wildman–Crippen LogP) is 3.98. The van der Waals surface area contributed by atoms with E-state index in [0.29, 0.717) is 26.0 Å². The number of aliphatic hydroxyl groups is 1. The predicted molar refractivity (Wildman–Crippen MR) is 119 cm³/mol. The first-order valence-electron chi connectivity index (χ1n) is 10.4. The molecule has 30 heavy (non-hydrogen) atoms. The summed E-state index contributed by atoms with van der Waals surface area (Å²) in [6, 6.07) is 7.46. The van der Waals surface area contributed by atoms with Gasteiger partial charge in [0.1, 0.15) is 18.7 Å². The third-order valence-electron chi connectivity index (χ3n) is 5.94. The van der Waals surface area contributed by atoms with Crippen LogP contribution in [0.1, 0.15) is 19.3 Å². The van der Waals surface area contributed by atoms with Crippen LogP contribution in [0.15, 0.2) is 37.1 Å². The van der Waals surface area contributed by atoms with Crippen molar-refractivity contribution in [2.45, 2.75) is 63.3 Å². The van der Waals surface area contributed by atoms with Crippen LogP contribution in [-0.4, -0.2) is 45.0 Å². The Bertz CT molecular complexity index is 1070. The molecule has 0 unspecified atom stereocenters. The van der Waals surface area contributed by atoms with Crippen LogP contribution in [0.2, 0.25) is 25.7 Å². The zero-order chi connectivity index (χ0) is 21.4. The average Bonchev–Trinajstić information content (AvgIpc) is 3.31. The molecule has 3 heterocycles. The van der Waals surface area contributed by atoms with Crippen LogP contribution >= 0.6 is 0 Å². The number of hydrogen-bond donors (Lipinski definition) is 1. The Morgan fingerprint density at radius 2 is 2.07 bits per heavy atom. The molecule has 0 spiro atoms. The number of nitrogens with zero attached hydrogens (tertiary/aromatic N) is 5. The Balaban J connectivity index is 1.55. The van der Waals surface area contributed by atoms with Crippen molar-refractivity contribution >= 4 is 19.1 Å². The van der Waals surface area contributed by atoms with Gasteiger partial charge in [0.2, 0.25) is 0 Å². The zero-order valence-corrected chi connectivity index (χ0v) is 18.9. The highest BCUT2D eigenvalue weighted by Gasteiger charge is 2.44. The highest BCUT2D eigenvalue weighted by atomic mass is 28.3. The van der Waals surface area contributed by atoms with Gasteiger partial charge in [0, 0.05) is 44.2 Å². The molecule has 0 aromatic carbocycles. The van der Waals surface area contributed by atoms with Gasteiger partial charge >= 0.3 is 0 Å². The van der Waals surface area contributed by atoms with Gasteiger partial charge in [-0.3, -0.25) is 0 Å². The van der Waals surface area contributed by atoms with Crippen molar-refractivity contribution in [3.63, 3.8) is 0 Å². The molecule has 3 aromatic heterocycles. The van der Waals surface area contributed by atoms with Gasteiger partial charge in [-0.05, 0) is 31.0 Å². The molecule has 7 nitrogen and oxygen atoms in total. The normalized spacial score (nSPS) is 21.5. The largest absolute Gasteiger partial charge is 0.393 e. The second kappa shape index (κ2) is 7.98. The van der Waals surface area contributed by atoms with Gasteiger partial charge < -0.3 is 19.0 Å². The molecule has 0 atom stereocenters. The Morgan fingerprint density at radius 3 is 2.77 bits per heavy atom. The lowest BCUT2D eigenvalue weighted by Crippen LogP contribution is -2.48. The molecule has 8 heteroatoms. The van der Waals surface area contributed by atoms with E-state index in [0.717, 1.165) is 34.9 Å². The smallest absolute Gasteiger partial charge is 0.145 e. The number of aromatic nitrogens is 4. The summed E-state index contributed by atoms with van der Waals surface area (Å²) < 4.78 is 9.98. The fraction of sp³-hybridized carbons (Fsp3) is 0.500. The molecular weight excluding hydrogens is 394 g/mol. The van der Waals surface area contributed by atoms with Crippen LogP contribution in [-0.2, 0) is 17.0 Å². The fourth-order valence-corrected chi connectivity index (χ4v) is 4.88. The van der Waals surface area contributed by atoms with Crippen LogP contribution < -0.4 is 0 Å². The molecule has 1 fully saturated rings. The number of aliphatic hydroxyl groups excluding tert-OH is 1. The van der Waals surface area contributed by atoms with E-state index in [2.05, 4.69) is 40.2 Å². The minimum atomic E-state index is -1.11. The highest BCUT2D eigenvalue weighted by Crippen LogP contribution is 2.43. The summed E-state index contributed by atoms with van der Waals surface area (Å²) >= 11 is 0. The third kappa shape index (κ3) is 4.06. The molecule has 1 aliphatic rings. The Kier molecular flexibility index (Phi) is 5.53. The maximum atomic E-state index is 9.82. The van der Waals surface area contributed by atoms with Crippen LogP contribution in [0.5, 0.6) is 0 Å². The van der Waals surface area contributed by atoms with E-state index in [1.54, 1.807) is 6.33 Å². The monoisotopic (exact) mass is 423 g/mol. The van der Waals surface area contributed by atoms with E-state index in [9.17, 15) is 10.4 Å². The lowest BCUT2D eigenvalue weighted by molar-refractivity contribution is -0.0197. The summed E-state index contributed by atoms with van der Waals surface area (Å²) in [4.78, 5) is 9.01. The SMILES string of the molecule is C[Si](C)(C)CCOCn1ccc2c(-c3ccn(C4(CC#N)CC(O)C4)c3)ncnc21. The van der Waals surface area contributed by atoms with Crippen molar-refractivity contribution in [3.8, 4) is 17.3 Å². The first-order valence-corrected chi connectivity index (χ1v) is 14.1. The summed E-state index contributed by atoms with van der Waals surface area (Å²) in [5.41, 5.74) is 2.39. The minimum Gasteiger partial charge on any atom is -0.393 e. The third-order valence-corrected chi connectivity index (χ3v) is 7.64. The molecule has 1 N–H and O–H groups in total. The maximum Gasteiger partial charge on any atom is 0.145 e. The van der Waals surface area contributed by atoms with Crippen molar-refractivity contribution in [2.24, 2.45) is 0 Å². The first kappa shape index (κ1) is 20.8. The second-order valence-electron chi connectivity index (χ2n) is 9.52. The molecular formula is C22H29N5O2Si. The molecule has 4 rings (SSSR count). The van der Waals surface area contributed by atoms with Crippen LogP contribution in [0.25, 0.3) is 22.3 Å². The van der Waals surface area contributed by atoms with Crippen molar-refractivity contribution in [1.29, 1.82) is 5.26 Å². The molecule has 0 aliphatic heterocycles. The lowest BCUT2D eigenvalue weighted by atomic mass is 9.72. The molecule has 0 bridgehead atoms. The molecule has 1 saturated carbocycles. The Labute approximate surface area is 178 Å². The fourth-order valence-electron chi connectivity index (χ4n) is 4.12. The molecule has 3 aromatic rings. The van der Waals surface area contributed by atoms with Gasteiger partial charge in [-0.15, -0.1) is 0 Å². The van der Waals surface area contributed by atoms with Crippen LogP contribution in [0.3, 0.4) is 0 Å². The van der Waals surface area contributed by atoms with Crippen molar-refractivity contribution in [2.75, 3.05) is 6.61 Å². The van der Waals surface area contributed by atoms with Gasteiger partial charge in [0.15, 0.2) is 0 Å². The van der Waals surface area contributed by atoms with Gasteiger partial charge in [0.25, 0.3) is 0 Å². The highest BCUT2D eigenvalue weighted by molar-refractivity contribution is 6.76. The average molecular weight is 424 g/mol. The summed E-state index contributed by atoms with van der Waals surface area (Å²) in [6.45, 7) is 8.28. The topological polar surface area (TPSA) is 88.9 Å². The maximum absolute atomic E-state index is 9.82. The van der Waals surface area contributed by atoms with E-state index in [-0.39, 0.29) is 11.6 Å². The first-order chi connectivity index (χ1) is 14.3. The second-order valence-corrected chi connectivity index (χ2v) is 15.1. The summed E-state index contributed by atoms with van der Waals surface area (Å²) in [5, 5.41) is 20.0. The van der Waals surface area contributed by atoms with Crippen molar-refractivity contribution in [1.82, 2.24) is 19.1 Å². The Morgan fingerprint density at radius 1 is 1.27 bits per heavy atom. The quantitative estimate of drug-likeness (QED) is 0.437. The Hall–Kier alpha value is -2.47. The van der Waals surface area contributed by atoms with Gasteiger partial charge in [0.05, 0.1) is 29.8 Å². The summed E-state index contributed by atoms with van der Waals surface area (Å²) in [6.07, 6.45) is 8.89. The molecule has 0 saturated heterocycles. The standard InChI is InChI=1S/C22H29N5O2Si/c1-30(2,3)11-10-29-16-26-8-5-19-20(24-15-25-21(19)26)17-4-9-27(14-17)22(6-7-23)12-18(28)13-22/h4-5,8-9,14-15,18,28H,6,10-13,16H2,1-3H3. The minimum absolute atomic E-state index is 0.311. The molecule has 0 amide bonds.